The van der Waals surface area contributed by atoms with E-state index in [1.165, 1.54) is 0 Å². The van der Waals surface area contributed by atoms with E-state index in [9.17, 15) is 4.79 Å². The van der Waals surface area contributed by atoms with Gasteiger partial charge in [0.25, 0.3) is 5.91 Å². The second-order valence-electron chi connectivity index (χ2n) is 5.09. The molecule has 0 aliphatic carbocycles. The van der Waals surface area contributed by atoms with Gasteiger partial charge in [0.1, 0.15) is 5.69 Å². The number of hydrogen-bond donors (Lipinski definition) is 0. The zero-order valence-corrected chi connectivity index (χ0v) is 11.4. The average molecular weight is 271 g/mol. The molecule has 20 heavy (non-hydrogen) atoms. The van der Waals surface area contributed by atoms with E-state index < -0.39 is 0 Å². The van der Waals surface area contributed by atoms with E-state index in [2.05, 4.69) is 15.3 Å². The van der Waals surface area contributed by atoms with Crippen LogP contribution in [0.25, 0.3) is 0 Å². The van der Waals surface area contributed by atoms with E-state index in [-0.39, 0.29) is 11.9 Å². The quantitative estimate of drug-likeness (QED) is 0.829. The fourth-order valence-electron chi connectivity index (χ4n) is 2.59. The van der Waals surface area contributed by atoms with Gasteiger partial charge in [-0.25, -0.2) is 9.67 Å². The number of carbonyl (C=O) groups is 1. The number of amides is 1. The van der Waals surface area contributed by atoms with Gasteiger partial charge in [-0.1, -0.05) is 11.3 Å². The minimum absolute atomic E-state index is 0.00137. The van der Waals surface area contributed by atoms with Crippen molar-refractivity contribution in [3.8, 4) is 0 Å². The van der Waals surface area contributed by atoms with Crippen LogP contribution in [0.4, 0.5) is 0 Å². The van der Waals surface area contributed by atoms with E-state index in [0.29, 0.717) is 12.2 Å². The highest BCUT2D eigenvalue weighted by molar-refractivity contribution is 5.92. The maximum absolute atomic E-state index is 12.5. The second-order valence-corrected chi connectivity index (χ2v) is 5.09. The average Bonchev–Trinajstić information content (AvgIpc) is 3.01. The summed E-state index contributed by atoms with van der Waals surface area (Å²) in [7, 11) is 0. The molecular formula is C14H17N5O. The lowest BCUT2D eigenvalue weighted by Gasteiger charge is -2.32. The van der Waals surface area contributed by atoms with Gasteiger partial charge in [-0.15, -0.1) is 5.10 Å². The summed E-state index contributed by atoms with van der Waals surface area (Å²) in [6.07, 6.45) is 5.52. The predicted octanol–water partition coefficient (Wildman–Crippen LogP) is 1.46. The zero-order chi connectivity index (χ0) is 13.9. The molecule has 6 nitrogen and oxygen atoms in total. The lowest BCUT2D eigenvalue weighted by molar-refractivity contribution is 0.0665. The van der Waals surface area contributed by atoms with Crippen LogP contribution < -0.4 is 0 Å². The third-order valence-corrected chi connectivity index (χ3v) is 3.61. The Labute approximate surface area is 117 Å². The number of aryl methyl sites for hydroxylation is 1. The van der Waals surface area contributed by atoms with Crippen LogP contribution in [0.2, 0.25) is 0 Å². The molecule has 1 saturated heterocycles. The van der Waals surface area contributed by atoms with Crippen LogP contribution in [-0.2, 0) is 0 Å². The summed E-state index contributed by atoms with van der Waals surface area (Å²) < 4.78 is 1.84. The molecule has 3 rings (SSSR count). The molecule has 0 saturated carbocycles. The van der Waals surface area contributed by atoms with Crippen molar-refractivity contribution < 1.29 is 4.79 Å². The molecule has 104 valence electrons. The van der Waals surface area contributed by atoms with Gasteiger partial charge in [-0.2, -0.15) is 0 Å². The van der Waals surface area contributed by atoms with Crippen LogP contribution in [-0.4, -0.2) is 43.9 Å². The number of likely N-dealkylation sites (tertiary alicyclic amines) is 1. The van der Waals surface area contributed by atoms with Gasteiger partial charge in [0.05, 0.1) is 12.2 Å². The van der Waals surface area contributed by atoms with Crippen molar-refractivity contribution in [2.75, 3.05) is 13.1 Å². The highest BCUT2D eigenvalue weighted by Gasteiger charge is 2.26. The summed E-state index contributed by atoms with van der Waals surface area (Å²) in [6, 6.07) is 5.74. The lowest BCUT2D eigenvalue weighted by Crippen LogP contribution is -2.41. The third-order valence-electron chi connectivity index (χ3n) is 3.61. The summed E-state index contributed by atoms with van der Waals surface area (Å²) >= 11 is 0. The number of piperidine rings is 1. The maximum Gasteiger partial charge on any atom is 0.272 e. The van der Waals surface area contributed by atoms with Gasteiger partial charge in [-0.3, -0.25) is 4.79 Å². The molecule has 1 aliphatic heterocycles. The molecule has 6 heteroatoms. The Bertz CT molecular complexity index is 595. The smallest absolute Gasteiger partial charge is 0.272 e. The largest absolute Gasteiger partial charge is 0.335 e. The number of aromatic nitrogens is 4. The van der Waals surface area contributed by atoms with Crippen LogP contribution in [0.5, 0.6) is 0 Å². The fourth-order valence-corrected chi connectivity index (χ4v) is 2.59. The first kappa shape index (κ1) is 12.8. The van der Waals surface area contributed by atoms with Crippen molar-refractivity contribution in [3.63, 3.8) is 0 Å². The Morgan fingerprint density at radius 2 is 2.30 bits per heavy atom. The molecule has 3 heterocycles. The van der Waals surface area contributed by atoms with Crippen LogP contribution in [0.15, 0.2) is 30.6 Å². The van der Waals surface area contributed by atoms with Gasteiger partial charge >= 0.3 is 0 Å². The summed E-state index contributed by atoms with van der Waals surface area (Å²) in [5.41, 5.74) is 1.38. The van der Waals surface area contributed by atoms with E-state index >= 15 is 0 Å². The highest BCUT2D eigenvalue weighted by Crippen LogP contribution is 2.21. The van der Waals surface area contributed by atoms with Gasteiger partial charge in [-0.05, 0) is 31.9 Å². The standard InChI is InChI=1S/C14H17N5O/c1-11-4-2-6-13(16-11)14(20)18-8-3-5-12(10-18)19-9-7-15-17-19/h2,4,6-7,9,12H,3,5,8,10H2,1H3/t12-/m0/s1. The number of hydrogen-bond acceptors (Lipinski definition) is 4. The minimum Gasteiger partial charge on any atom is -0.335 e. The van der Waals surface area contributed by atoms with Crippen LogP contribution in [0.3, 0.4) is 0 Å². The molecule has 2 aromatic heterocycles. The Kier molecular flexibility index (Phi) is 3.45. The first-order valence-corrected chi connectivity index (χ1v) is 6.83. The Morgan fingerprint density at radius 3 is 3.05 bits per heavy atom. The predicted molar refractivity (Wildman–Crippen MR) is 73.2 cm³/mol. The first-order valence-electron chi connectivity index (χ1n) is 6.83. The van der Waals surface area contributed by atoms with Crippen LogP contribution in [0, 0.1) is 6.92 Å². The second kappa shape index (κ2) is 5.40. The molecule has 0 unspecified atom stereocenters. The molecule has 1 fully saturated rings. The van der Waals surface area contributed by atoms with Crippen molar-refractivity contribution in [2.45, 2.75) is 25.8 Å². The topological polar surface area (TPSA) is 63.9 Å². The van der Waals surface area contributed by atoms with Crippen molar-refractivity contribution in [1.29, 1.82) is 0 Å². The molecule has 1 amide bonds. The van der Waals surface area contributed by atoms with E-state index in [1.807, 2.05) is 34.8 Å². The van der Waals surface area contributed by atoms with Crippen LogP contribution >= 0.6 is 0 Å². The molecule has 0 spiro atoms. The molecule has 1 aliphatic rings. The minimum atomic E-state index is -0.00137. The fraction of sp³-hybridized carbons (Fsp3) is 0.429. The molecule has 0 radical (unpaired) electrons. The van der Waals surface area contributed by atoms with E-state index in [0.717, 1.165) is 25.1 Å². The molecule has 0 bridgehead atoms. The maximum atomic E-state index is 12.5. The van der Waals surface area contributed by atoms with Gasteiger partial charge in [0.2, 0.25) is 0 Å². The van der Waals surface area contributed by atoms with Crippen LogP contribution in [0.1, 0.15) is 35.1 Å². The lowest BCUT2D eigenvalue weighted by atomic mass is 10.1. The molecule has 1 atom stereocenters. The van der Waals surface area contributed by atoms with Gasteiger partial charge in [0.15, 0.2) is 0 Å². The summed E-state index contributed by atoms with van der Waals surface area (Å²) in [4.78, 5) is 18.7. The summed E-state index contributed by atoms with van der Waals surface area (Å²) in [5.74, 6) is -0.00137. The Morgan fingerprint density at radius 1 is 1.40 bits per heavy atom. The molecular weight excluding hydrogens is 254 g/mol. The number of pyridine rings is 1. The molecule has 0 aromatic carbocycles. The van der Waals surface area contributed by atoms with Gasteiger partial charge in [0, 0.05) is 25.0 Å². The summed E-state index contributed by atoms with van der Waals surface area (Å²) in [5, 5.41) is 7.87. The third kappa shape index (κ3) is 2.54. The molecule has 2 aromatic rings. The van der Waals surface area contributed by atoms with E-state index in [4.69, 9.17) is 0 Å². The number of carbonyl (C=O) groups excluding carboxylic acids is 1. The van der Waals surface area contributed by atoms with Crippen molar-refractivity contribution in [3.05, 3.63) is 42.0 Å². The SMILES string of the molecule is Cc1cccc(C(=O)N2CCC[C@H](n3ccnn3)C2)n1. The van der Waals surface area contributed by atoms with E-state index in [1.54, 1.807) is 12.3 Å². The summed E-state index contributed by atoms with van der Waals surface area (Å²) in [6.45, 7) is 3.34. The number of rotatable bonds is 2. The Hall–Kier alpha value is -2.24. The zero-order valence-electron chi connectivity index (χ0n) is 11.4. The normalized spacial score (nSPS) is 19.1. The monoisotopic (exact) mass is 271 g/mol. The van der Waals surface area contributed by atoms with Crippen molar-refractivity contribution in [2.24, 2.45) is 0 Å². The first-order chi connectivity index (χ1) is 9.74. The van der Waals surface area contributed by atoms with Crippen molar-refractivity contribution in [1.82, 2.24) is 24.9 Å². The van der Waals surface area contributed by atoms with Gasteiger partial charge < -0.3 is 4.90 Å². The Balaban J connectivity index is 1.75. The number of nitrogens with zero attached hydrogens (tertiary/aromatic N) is 5. The van der Waals surface area contributed by atoms with Crippen molar-refractivity contribution >= 4 is 5.91 Å². The molecule has 0 N–H and O–H groups in total. The highest BCUT2D eigenvalue weighted by atomic mass is 16.2.